The molecule has 1 atom stereocenters. The van der Waals surface area contributed by atoms with Crippen molar-refractivity contribution in [3.63, 3.8) is 0 Å². The largest absolute Gasteiger partial charge is 0.459 e. The SMILES string of the molecule is Cc1ccoc1C(=O)NC(C)(C)C(C)O. The van der Waals surface area contributed by atoms with E-state index in [9.17, 15) is 9.90 Å². The van der Waals surface area contributed by atoms with E-state index in [2.05, 4.69) is 5.32 Å². The summed E-state index contributed by atoms with van der Waals surface area (Å²) in [5, 5.41) is 12.2. The van der Waals surface area contributed by atoms with Gasteiger partial charge >= 0.3 is 0 Å². The summed E-state index contributed by atoms with van der Waals surface area (Å²) in [6.07, 6.45) is 0.844. The summed E-state index contributed by atoms with van der Waals surface area (Å²) in [7, 11) is 0. The first kappa shape index (κ1) is 11.8. The number of hydrogen-bond donors (Lipinski definition) is 2. The Bertz CT molecular complexity index is 352. The second kappa shape index (κ2) is 4.06. The third-order valence-electron chi connectivity index (χ3n) is 2.55. The van der Waals surface area contributed by atoms with Gasteiger partial charge in [0, 0.05) is 5.56 Å². The van der Waals surface area contributed by atoms with Crippen LogP contribution < -0.4 is 5.32 Å². The topological polar surface area (TPSA) is 62.5 Å². The van der Waals surface area contributed by atoms with Gasteiger partial charge in [-0.2, -0.15) is 0 Å². The molecule has 0 aliphatic heterocycles. The quantitative estimate of drug-likeness (QED) is 0.796. The minimum Gasteiger partial charge on any atom is -0.459 e. The molecule has 15 heavy (non-hydrogen) atoms. The molecule has 1 aromatic rings. The fraction of sp³-hybridized carbons (Fsp3) is 0.545. The Morgan fingerprint density at radius 1 is 1.60 bits per heavy atom. The number of aliphatic hydroxyl groups excluding tert-OH is 1. The molecule has 0 bridgehead atoms. The van der Waals surface area contributed by atoms with E-state index in [1.807, 2.05) is 0 Å². The lowest BCUT2D eigenvalue weighted by Gasteiger charge is -2.28. The highest BCUT2D eigenvalue weighted by Gasteiger charge is 2.27. The zero-order valence-corrected chi connectivity index (χ0v) is 9.50. The summed E-state index contributed by atoms with van der Waals surface area (Å²) < 4.78 is 5.06. The molecule has 0 saturated heterocycles. The van der Waals surface area contributed by atoms with Gasteiger partial charge < -0.3 is 14.8 Å². The smallest absolute Gasteiger partial charge is 0.287 e. The van der Waals surface area contributed by atoms with Crippen LogP contribution in [0.5, 0.6) is 0 Å². The second-order valence-electron chi connectivity index (χ2n) is 4.28. The molecule has 0 fully saturated rings. The van der Waals surface area contributed by atoms with Crippen LogP contribution in [0.25, 0.3) is 0 Å². The van der Waals surface area contributed by atoms with E-state index in [0.717, 1.165) is 5.56 Å². The summed E-state index contributed by atoms with van der Waals surface area (Å²) in [5.41, 5.74) is 0.116. The number of nitrogens with one attached hydrogen (secondary N) is 1. The molecule has 84 valence electrons. The highest BCUT2D eigenvalue weighted by molar-refractivity contribution is 5.93. The fourth-order valence-corrected chi connectivity index (χ4v) is 1.06. The summed E-state index contributed by atoms with van der Waals surface area (Å²) in [6, 6.07) is 1.73. The zero-order chi connectivity index (χ0) is 11.6. The molecule has 4 nitrogen and oxygen atoms in total. The molecule has 2 N–H and O–H groups in total. The number of amides is 1. The Labute approximate surface area is 89.3 Å². The number of aliphatic hydroxyl groups is 1. The van der Waals surface area contributed by atoms with E-state index in [0.29, 0.717) is 5.76 Å². The van der Waals surface area contributed by atoms with Crippen LogP contribution in [0.3, 0.4) is 0 Å². The van der Waals surface area contributed by atoms with E-state index < -0.39 is 11.6 Å². The van der Waals surface area contributed by atoms with Gasteiger partial charge in [-0.3, -0.25) is 4.79 Å². The average Bonchev–Trinajstić information content (AvgIpc) is 2.50. The molecule has 1 unspecified atom stereocenters. The van der Waals surface area contributed by atoms with Crippen molar-refractivity contribution in [2.75, 3.05) is 0 Å². The summed E-state index contributed by atoms with van der Waals surface area (Å²) in [6.45, 7) is 6.95. The Balaban J connectivity index is 2.77. The van der Waals surface area contributed by atoms with Gasteiger partial charge in [0.2, 0.25) is 0 Å². The number of carbonyl (C=O) groups excluding carboxylic acids is 1. The summed E-state index contributed by atoms with van der Waals surface area (Å²) in [4.78, 5) is 11.7. The maximum Gasteiger partial charge on any atom is 0.287 e. The van der Waals surface area contributed by atoms with Crippen LogP contribution in [0.1, 0.15) is 36.9 Å². The molecule has 0 spiro atoms. The second-order valence-corrected chi connectivity index (χ2v) is 4.28. The Hall–Kier alpha value is -1.29. The Kier molecular flexibility index (Phi) is 3.19. The molecule has 4 heteroatoms. The van der Waals surface area contributed by atoms with E-state index in [1.54, 1.807) is 33.8 Å². The molecule has 0 saturated carbocycles. The predicted molar refractivity (Wildman–Crippen MR) is 56.7 cm³/mol. The monoisotopic (exact) mass is 211 g/mol. The minimum absolute atomic E-state index is 0.295. The van der Waals surface area contributed by atoms with Gasteiger partial charge in [-0.1, -0.05) is 0 Å². The van der Waals surface area contributed by atoms with E-state index >= 15 is 0 Å². The van der Waals surface area contributed by atoms with Gasteiger partial charge in [0.05, 0.1) is 17.9 Å². The Morgan fingerprint density at radius 3 is 2.60 bits per heavy atom. The summed E-state index contributed by atoms with van der Waals surface area (Å²) in [5.74, 6) is -0.00729. The van der Waals surface area contributed by atoms with E-state index in [4.69, 9.17) is 4.42 Å². The summed E-state index contributed by atoms with van der Waals surface area (Å²) >= 11 is 0. The zero-order valence-electron chi connectivity index (χ0n) is 9.50. The normalized spacial score (nSPS) is 13.7. The third-order valence-corrected chi connectivity index (χ3v) is 2.55. The number of rotatable bonds is 3. The van der Waals surface area contributed by atoms with Crippen LogP contribution in [0.2, 0.25) is 0 Å². The number of aryl methyl sites for hydroxylation is 1. The van der Waals surface area contributed by atoms with Crippen LogP contribution in [0.4, 0.5) is 0 Å². The van der Waals surface area contributed by atoms with Crippen molar-refractivity contribution in [2.45, 2.75) is 39.3 Å². The first-order valence-electron chi connectivity index (χ1n) is 4.89. The van der Waals surface area contributed by atoms with Gasteiger partial charge in [0.25, 0.3) is 5.91 Å². The standard InChI is InChI=1S/C11H17NO3/c1-7-5-6-15-9(7)10(14)12-11(3,4)8(2)13/h5-6,8,13H,1-4H3,(H,12,14). The maximum atomic E-state index is 11.7. The molecule has 0 aliphatic rings. The first-order chi connectivity index (χ1) is 6.84. The van der Waals surface area contributed by atoms with Crippen molar-refractivity contribution in [1.29, 1.82) is 0 Å². The molecule has 0 aliphatic carbocycles. The molecular formula is C11H17NO3. The molecule has 1 amide bonds. The molecule has 1 aromatic heterocycles. The van der Waals surface area contributed by atoms with Crippen LogP contribution in [-0.4, -0.2) is 22.7 Å². The maximum absolute atomic E-state index is 11.7. The lowest BCUT2D eigenvalue weighted by Crippen LogP contribution is -2.51. The van der Waals surface area contributed by atoms with Gasteiger partial charge in [0.1, 0.15) is 0 Å². The first-order valence-corrected chi connectivity index (χ1v) is 4.89. The minimum atomic E-state index is -0.670. The van der Waals surface area contributed by atoms with Crippen molar-refractivity contribution < 1.29 is 14.3 Å². The van der Waals surface area contributed by atoms with Crippen molar-refractivity contribution in [3.8, 4) is 0 Å². The third kappa shape index (κ3) is 2.59. The van der Waals surface area contributed by atoms with Crippen LogP contribution >= 0.6 is 0 Å². The average molecular weight is 211 g/mol. The molecular weight excluding hydrogens is 194 g/mol. The molecule has 0 radical (unpaired) electrons. The van der Waals surface area contributed by atoms with Crippen molar-refractivity contribution in [3.05, 3.63) is 23.7 Å². The van der Waals surface area contributed by atoms with Gasteiger partial charge in [0.15, 0.2) is 5.76 Å². The van der Waals surface area contributed by atoms with E-state index in [1.165, 1.54) is 6.26 Å². The van der Waals surface area contributed by atoms with Crippen LogP contribution in [-0.2, 0) is 0 Å². The Morgan fingerprint density at radius 2 is 2.20 bits per heavy atom. The predicted octanol–water partition coefficient (Wildman–Crippen LogP) is 1.48. The molecule has 1 rings (SSSR count). The van der Waals surface area contributed by atoms with Crippen LogP contribution in [0, 0.1) is 6.92 Å². The molecule has 1 heterocycles. The fourth-order valence-electron chi connectivity index (χ4n) is 1.06. The van der Waals surface area contributed by atoms with Crippen LogP contribution in [0.15, 0.2) is 16.7 Å². The number of carbonyl (C=O) groups is 1. The number of hydrogen-bond acceptors (Lipinski definition) is 3. The van der Waals surface area contributed by atoms with Crippen molar-refractivity contribution >= 4 is 5.91 Å². The lowest BCUT2D eigenvalue weighted by molar-refractivity contribution is 0.0687. The highest BCUT2D eigenvalue weighted by atomic mass is 16.3. The van der Waals surface area contributed by atoms with Crippen molar-refractivity contribution in [2.24, 2.45) is 0 Å². The molecule has 0 aromatic carbocycles. The van der Waals surface area contributed by atoms with E-state index in [-0.39, 0.29) is 5.91 Å². The van der Waals surface area contributed by atoms with Gasteiger partial charge in [-0.15, -0.1) is 0 Å². The van der Waals surface area contributed by atoms with Gasteiger partial charge in [-0.05, 0) is 33.8 Å². The highest BCUT2D eigenvalue weighted by Crippen LogP contribution is 2.13. The van der Waals surface area contributed by atoms with Crippen molar-refractivity contribution in [1.82, 2.24) is 5.32 Å². The number of furan rings is 1. The lowest BCUT2D eigenvalue weighted by atomic mass is 9.98. The van der Waals surface area contributed by atoms with Gasteiger partial charge in [-0.25, -0.2) is 0 Å².